The minimum atomic E-state index is -1.51. The van der Waals surface area contributed by atoms with E-state index in [2.05, 4.69) is 54.7 Å². The Labute approximate surface area is 264 Å². The topological polar surface area (TPSA) is 67.9 Å². The van der Waals surface area contributed by atoms with Crippen LogP contribution < -0.4 is 14.4 Å². The van der Waals surface area contributed by atoms with Crippen molar-refractivity contribution in [3.05, 3.63) is 70.3 Å². The Balaban J connectivity index is 1.41. The summed E-state index contributed by atoms with van der Waals surface area (Å²) in [5.41, 5.74) is 3.90. The molecule has 4 aliphatic rings. The number of carbonyl (C=O) groups is 1. The zero-order valence-electron chi connectivity index (χ0n) is 25.8. The predicted molar refractivity (Wildman–Crippen MR) is 174 cm³/mol. The van der Waals surface area contributed by atoms with Crippen LogP contribution >= 0.6 is 11.6 Å². The van der Waals surface area contributed by atoms with Gasteiger partial charge in [0, 0.05) is 29.1 Å². The molecule has 0 aromatic heterocycles. The summed E-state index contributed by atoms with van der Waals surface area (Å²) in [6.07, 6.45) is 10.8. The van der Waals surface area contributed by atoms with Crippen LogP contribution in [0.5, 0.6) is 5.75 Å². The third kappa shape index (κ3) is 6.27. The van der Waals surface area contributed by atoms with Gasteiger partial charge in [-0.1, -0.05) is 36.7 Å². The molecular weight excluding hydrogens is 580 g/mol. The van der Waals surface area contributed by atoms with Gasteiger partial charge in [0.2, 0.25) is 0 Å². The van der Waals surface area contributed by atoms with E-state index in [1.165, 1.54) is 11.1 Å². The van der Waals surface area contributed by atoms with Crippen LogP contribution in [0.3, 0.4) is 0 Å². The average molecular weight is 625 g/mol. The normalized spacial score (nSPS) is 33.4. The maximum Gasteiger partial charge on any atom is 0.263 e. The van der Waals surface area contributed by atoms with Crippen LogP contribution in [0, 0.1) is 17.8 Å². The van der Waals surface area contributed by atoms with Gasteiger partial charge in [-0.25, -0.2) is 4.21 Å². The molecule has 1 N–H and O–H groups in total. The van der Waals surface area contributed by atoms with Crippen molar-refractivity contribution < 1.29 is 18.5 Å². The summed E-state index contributed by atoms with van der Waals surface area (Å²) in [6.45, 7) is 10.5. The molecular formula is C35H45ClN2O4S. The Morgan fingerprint density at radius 3 is 2.77 bits per heavy atom. The molecule has 2 aromatic carbocycles. The summed E-state index contributed by atoms with van der Waals surface area (Å²) >= 11 is 6.44. The molecule has 43 heavy (non-hydrogen) atoms. The quantitative estimate of drug-likeness (QED) is 0.364. The van der Waals surface area contributed by atoms with Crippen molar-refractivity contribution in [2.45, 2.75) is 89.1 Å². The number of halogens is 1. The van der Waals surface area contributed by atoms with E-state index < -0.39 is 11.0 Å². The number of aryl methyl sites for hydroxylation is 1. The lowest BCUT2D eigenvalue weighted by Gasteiger charge is -2.46. The zero-order chi connectivity index (χ0) is 30.3. The van der Waals surface area contributed by atoms with Crippen LogP contribution in [0.2, 0.25) is 5.02 Å². The summed E-state index contributed by atoms with van der Waals surface area (Å²) in [4.78, 5) is 15.9. The standard InChI is InChI=1S/C35H45ClN2O4S/c1-22(2)42-32-9-5-7-23(3)24(4)43(40)37-34(39)26-11-15-33-31(18-26)38(19-27-10-13-29(27)32)20-35(21-41-33)16-6-8-25-17-28(36)12-14-30(25)35/h5,9,11-12,14-15,17-18,22-24,27,29,32H,6-8,10,13,16,19-21H2,1-4H3,(H,37,39)/b9-5+. The largest absolute Gasteiger partial charge is 0.490 e. The van der Waals surface area contributed by atoms with Crippen LogP contribution in [-0.2, 0) is 27.6 Å². The van der Waals surface area contributed by atoms with Crippen LogP contribution in [0.15, 0.2) is 48.6 Å². The number of anilines is 1. The smallest absolute Gasteiger partial charge is 0.263 e. The molecule has 2 heterocycles. The van der Waals surface area contributed by atoms with Crippen LogP contribution in [0.25, 0.3) is 0 Å². The summed E-state index contributed by atoms with van der Waals surface area (Å²) in [5.74, 6) is 1.50. The second-order valence-corrected chi connectivity index (χ2v) is 15.5. The van der Waals surface area contributed by atoms with Gasteiger partial charge in [0.1, 0.15) is 16.7 Å². The number of amides is 1. The fourth-order valence-corrected chi connectivity index (χ4v) is 8.68. The Hall–Kier alpha value is -2.35. The number of hydrogen-bond acceptors (Lipinski definition) is 5. The predicted octanol–water partition coefficient (Wildman–Crippen LogP) is 7.01. The molecule has 6 nitrogen and oxygen atoms in total. The molecule has 2 bridgehead atoms. The molecule has 1 fully saturated rings. The Morgan fingerprint density at radius 1 is 1.16 bits per heavy atom. The first-order valence-corrected chi connectivity index (χ1v) is 17.6. The van der Waals surface area contributed by atoms with Crippen LogP contribution in [-0.4, -0.2) is 47.3 Å². The Morgan fingerprint density at radius 2 is 2.00 bits per heavy atom. The van der Waals surface area contributed by atoms with E-state index in [-0.39, 0.29) is 34.7 Å². The van der Waals surface area contributed by atoms with Crippen molar-refractivity contribution in [1.82, 2.24) is 4.72 Å². The van der Waals surface area contributed by atoms with Gasteiger partial charge in [0.05, 0.1) is 29.8 Å². The molecule has 2 aliphatic carbocycles. The van der Waals surface area contributed by atoms with Gasteiger partial charge >= 0.3 is 0 Å². The van der Waals surface area contributed by atoms with Crippen molar-refractivity contribution in [2.75, 3.05) is 24.6 Å². The van der Waals surface area contributed by atoms with E-state index in [0.717, 1.165) is 68.1 Å². The number of fused-ring (bicyclic) bond motifs is 4. The second-order valence-electron chi connectivity index (χ2n) is 13.5. The first-order valence-electron chi connectivity index (χ1n) is 16.0. The highest BCUT2D eigenvalue weighted by molar-refractivity contribution is 7.84. The number of benzene rings is 2. The van der Waals surface area contributed by atoms with Gasteiger partial charge < -0.3 is 14.4 Å². The summed E-state index contributed by atoms with van der Waals surface area (Å²) in [7, 11) is -1.51. The lowest BCUT2D eigenvalue weighted by atomic mass is 9.68. The van der Waals surface area contributed by atoms with E-state index in [0.29, 0.717) is 24.0 Å². The van der Waals surface area contributed by atoms with Gasteiger partial charge in [0.25, 0.3) is 5.91 Å². The molecule has 0 radical (unpaired) electrons. The molecule has 2 aliphatic heterocycles. The number of rotatable bonds is 2. The highest BCUT2D eigenvalue weighted by Gasteiger charge is 2.44. The minimum Gasteiger partial charge on any atom is -0.490 e. The number of hydrogen-bond donors (Lipinski definition) is 1. The third-order valence-corrected chi connectivity index (χ3v) is 12.0. The number of nitrogens with one attached hydrogen (secondary N) is 1. The minimum absolute atomic E-state index is 0.0416. The fourth-order valence-electron chi connectivity index (χ4n) is 7.47. The number of ether oxygens (including phenoxy) is 2. The van der Waals surface area contributed by atoms with Gasteiger partial charge in [-0.2, -0.15) is 0 Å². The molecule has 8 heteroatoms. The zero-order valence-corrected chi connectivity index (χ0v) is 27.4. The molecule has 1 amide bonds. The van der Waals surface area contributed by atoms with E-state index in [9.17, 15) is 9.00 Å². The molecule has 7 unspecified atom stereocenters. The van der Waals surface area contributed by atoms with E-state index in [1.807, 2.05) is 25.1 Å². The van der Waals surface area contributed by atoms with E-state index >= 15 is 0 Å². The highest BCUT2D eigenvalue weighted by Crippen LogP contribution is 2.47. The molecule has 232 valence electrons. The maximum atomic E-state index is 13.4. The van der Waals surface area contributed by atoms with Crippen molar-refractivity contribution in [1.29, 1.82) is 0 Å². The number of allylic oxidation sites excluding steroid dienone is 1. The van der Waals surface area contributed by atoms with E-state index in [1.54, 1.807) is 6.07 Å². The SMILES string of the molecule is CC(C)OC1/C=C/CC(C)C(C)S(=O)NC(=O)c2ccc3c(c2)N(CC2CCC21)CC1(CCCc2cc(Cl)ccc21)CO3. The van der Waals surface area contributed by atoms with Gasteiger partial charge in [0.15, 0.2) is 0 Å². The van der Waals surface area contributed by atoms with E-state index in [4.69, 9.17) is 21.1 Å². The summed E-state index contributed by atoms with van der Waals surface area (Å²) in [6, 6.07) is 12.0. The maximum absolute atomic E-state index is 13.4. The molecule has 7 atom stereocenters. The number of nitrogens with zero attached hydrogens (tertiary/aromatic N) is 1. The molecule has 2 aromatic rings. The van der Waals surface area contributed by atoms with Gasteiger partial charge in [-0.15, -0.1) is 0 Å². The first-order chi connectivity index (χ1) is 20.6. The molecule has 6 rings (SSSR count). The summed E-state index contributed by atoms with van der Waals surface area (Å²) < 4.78 is 29.1. The summed E-state index contributed by atoms with van der Waals surface area (Å²) in [5, 5.41) is 0.583. The van der Waals surface area contributed by atoms with Crippen molar-refractivity contribution in [3.8, 4) is 5.75 Å². The third-order valence-electron chi connectivity index (χ3n) is 10.2. The molecule has 1 saturated carbocycles. The van der Waals surface area contributed by atoms with Crippen LogP contribution in [0.1, 0.15) is 81.3 Å². The Kier molecular flexibility index (Phi) is 8.96. The lowest BCUT2D eigenvalue weighted by Crippen LogP contribution is -2.50. The fraction of sp³-hybridized carbons (Fsp3) is 0.571. The second kappa shape index (κ2) is 12.6. The van der Waals surface area contributed by atoms with Crippen molar-refractivity contribution in [3.63, 3.8) is 0 Å². The highest BCUT2D eigenvalue weighted by atomic mass is 35.5. The monoisotopic (exact) mass is 624 g/mol. The Bertz CT molecular complexity index is 1410. The van der Waals surface area contributed by atoms with Crippen LogP contribution in [0.4, 0.5) is 5.69 Å². The molecule has 0 saturated heterocycles. The average Bonchev–Trinajstić information content (AvgIpc) is 3.10. The van der Waals surface area contributed by atoms with Crippen molar-refractivity contribution in [2.24, 2.45) is 17.8 Å². The van der Waals surface area contributed by atoms with Gasteiger partial charge in [-0.3, -0.25) is 9.52 Å². The van der Waals surface area contributed by atoms with Gasteiger partial charge in [-0.05, 0) is 119 Å². The van der Waals surface area contributed by atoms with Crippen molar-refractivity contribution >= 4 is 34.2 Å². The molecule has 1 spiro atoms. The number of carbonyl (C=O) groups excluding carboxylic acids is 1. The first kappa shape index (κ1) is 30.7. The lowest BCUT2D eigenvalue weighted by molar-refractivity contribution is -0.0430.